The molecule has 0 aliphatic heterocycles. The highest BCUT2D eigenvalue weighted by molar-refractivity contribution is 7.92. The second kappa shape index (κ2) is 9.82. The topological polar surface area (TPSA) is 97.3 Å². The fraction of sp³-hybridized carbons (Fsp3) is 0.364. The SMILES string of the molecule is CCOc1ccc(N(CC(=O)N/N=C2/CCCc3cc(OC)ccc32)S(C)(=O)=O)cc1. The predicted octanol–water partition coefficient (Wildman–Crippen LogP) is 2.72. The van der Waals surface area contributed by atoms with Gasteiger partial charge in [0.2, 0.25) is 10.0 Å². The summed E-state index contributed by atoms with van der Waals surface area (Å²) in [6.45, 7) is 2.00. The summed E-state index contributed by atoms with van der Waals surface area (Å²) in [6.07, 6.45) is 3.62. The number of fused-ring (bicyclic) bond motifs is 1. The van der Waals surface area contributed by atoms with Gasteiger partial charge in [-0.3, -0.25) is 9.10 Å². The molecule has 2 aromatic carbocycles. The molecule has 166 valence electrons. The minimum absolute atomic E-state index is 0.376. The van der Waals surface area contributed by atoms with E-state index in [-0.39, 0.29) is 6.54 Å². The Morgan fingerprint density at radius 1 is 1.13 bits per heavy atom. The van der Waals surface area contributed by atoms with Crippen LogP contribution in [0.5, 0.6) is 11.5 Å². The van der Waals surface area contributed by atoms with Crippen LogP contribution in [0, 0.1) is 0 Å². The van der Waals surface area contributed by atoms with Crippen molar-refractivity contribution in [2.24, 2.45) is 5.10 Å². The van der Waals surface area contributed by atoms with E-state index in [4.69, 9.17) is 9.47 Å². The van der Waals surface area contributed by atoms with Crippen LogP contribution in [0.25, 0.3) is 0 Å². The summed E-state index contributed by atoms with van der Waals surface area (Å²) in [6, 6.07) is 12.3. The van der Waals surface area contributed by atoms with Gasteiger partial charge in [0.05, 0.1) is 31.4 Å². The number of amides is 1. The van der Waals surface area contributed by atoms with E-state index in [0.29, 0.717) is 18.0 Å². The first kappa shape index (κ1) is 22.6. The number of anilines is 1. The van der Waals surface area contributed by atoms with E-state index < -0.39 is 15.9 Å². The molecular formula is C22H27N3O5S. The molecule has 0 bridgehead atoms. The van der Waals surface area contributed by atoms with Crippen molar-refractivity contribution in [2.45, 2.75) is 26.2 Å². The number of ether oxygens (including phenoxy) is 2. The summed E-state index contributed by atoms with van der Waals surface area (Å²) < 4.78 is 36.2. The van der Waals surface area contributed by atoms with Crippen molar-refractivity contribution in [3.63, 3.8) is 0 Å². The molecule has 3 rings (SSSR count). The van der Waals surface area contributed by atoms with Gasteiger partial charge in [-0.25, -0.2) is 13.8 Å². The van der Waals surface area contributed by atoms with Crippen LogP contribution in [0.15, 0.2) is 47.6 Å². The summed E-state index contributed by atoms with van der Waals surface area (Å²) in [5.74, 6) is 0.888. The van der Waals surface area contributed by atoms with Crippen molar-refractivity contribution in [1.29, 1.82) is 0 Å². The molecule has 1 N–H and O–H groups in total. The first-order chi connectivity index (χ1) is 14.8. The summed E-state index contributed by atoms with van der Waals surface area (Å²) in [4.78, 5) is 12.5. The normalized spacial score (nSPS) is 14.6. The van der Waals surface area contributed by atoms with Crippen molar-refractivity contribution >= 4 is 27.3 Å². The van der Waals surface area contributed by atoms with Crippen molar-refractivity contribution < 1.29 is 22.7 Å². The summed E-state index contributed by atoms with van der Waals surface area (Å²) >= 11 is 0. The number of carbonyl (C=O) groups excluding carboxylic acids is 1. The fourth-order valence-electron chi connectivity index (χ4n) is 3.45. The summed E-state index contributed by atoms with van der Waals surface area (Å²) in [5, 5.41) is 4.28. The van der Waals surface area contributed by atoms with Crippen LogP contribution in [-0.2, 0) is 21.2 Å². The zero-order chi connectivity index (χ0) is 22.4. The van der Waals surface area contributed by atoms with E-state index in [2.05, 4.69) is 10.5 Å². The van der Waals surface area contributed by atoms with E-state index >= 15 is 0 Å². The van der Waals surface area contributed by atoms with E-state index in [1.54, 1.807) is 31.4 Å². The number of hydrazone groups is 1. The van der Waals surface area contributed by atoms with Gasteiger partial charge in [0.15, 0.2) is 0 Å². The van der Waals surface area contributed by atoms with Gasteiger partial charge in [0, 0.05) is 5.56 Å². The number of nitrogens with zero attached hydrogens (tertiary/aromatic N) is 2. The number of hydrogen-bond acceptors (Lipinski definition) is 6. The maximum absolute atomic E-state index is 12.5. The number of methoxy groups -OCH3 is 1. The van der Waals surface area contributed by atoms with Gasteiger partial charge < -0.3 is 9.47 Å². The first-order valence-corrected chi connectivity index (χ1v) is 11.9. The van der Waals surface area contributed by atoms with Crippen LogP contribution in [0.1, 0.15) is 30.9 Å². The standard InChI is InChI=1S/C22H27N3O5S/c1-4-30-18-10-8-17(9-11-18)25(31(3,27)28)15-22(26)24-23-21-7-5-6-16-14-19(29-2)12-13-20(16)21/h8-14H,4-7,15H2,1-3H3,(H,24,26)/b23-21-. The average Bonchev–Trinajstić information content (AvgIpc) is 2.75. The molecule has 2 aromatic rings. The number of nitrogens with one attached hydrogen (secondary N) is 1. The Kier molecular flexibility index (Phi) is 7.17. The third-order valence-electron chi connectivity index (χ3n) is 4.92. The van der Waals surface area contributed by atoms with Crippen LogP contribution in [-0.4, -0.2) is 46.6 Å². The molecule has 0 saturated heterocycles. The van der Waals surface area contributed by atoms with Crippen molar-refractivity contribution in [2.75, 3.05) is 30.8 Å². The van der Waals surface area contributed by atoms with Crippen molar-refractivity contribution in [3.8, 4) is 11.5 Å². The number of carbonyl (C=O) groups is 1. The quantitative estimate of drug-likeness (QED) is 0.630. The Balaban J connectivity index is 1.74. The molecule has 0 heterocycles. The number of hydrogen-bond donors (Lipinski definition) is 1. The van der Waals surface area contributed by atoms with Gasteiger partial charge in [-0.15, -0.1) is 0 Å². The van der Waals surface area contributed by atoms with E-state index in [9.17, 15) is 13.2 Å². The number of rotatable bonds is 8. The lowest BCUT2D eigenvalue weighted by atomic mass is 9.90. The van der Waals surface area contributed by atoms with Crippen molar-refractivity contribution in [3.05, 3.63) is 53.6 Å². The lowest BCUT2D eigenvalue weighted by molar-refractivity contribution is -0.119. The second-order valence-electron chi connectivity index (χ2n) is 7.17. The Bertz CT molecular complexity index is 1070. The van der Waals surface area contributed by atoms with Crippen molar-refractivity contribution in [1.82, 2.24) is 5.43 Å². The molecule has 8 nitrogen and oxygen atoms in total. The van der Waals surface area contributed by atoms with Gasteiger partial charge in [0.25, 0.3) is 5.91 Å². The molecule has 1 aliphatic carbocycles. The number of benzene rings is 2. The average molecular weight is 446 g/mol. The molecule has 9 heteroatoms. The smallest absolute Gasteiger partial charge is 0.260 e. The largest absolute Gasteiger partial charge is 0.497 e. The van der Waals surface area contributed by atoms with Gasteiger partial charge >= 0.3 is 0 Å². The van der Waals surface area contributed by atoms with Gasteiger partial charge in [0.1, 0.15) is 18.0 Å². The zero-order valence-electron chi connectivity index (χ0n) is 17.9. The lowest BCUT2D eigenvalue weighted by Gasteiger charge is -2.22. The van der Waals surface area contributed by atoms with Gasteiger partial charge in [-0.1, -0.05) is 0 Å². The minimum Gasteiger partial charge on any atom is -0.497 e. The third kappa shape index (κ3) is 5.75. The molecule has 1 aliphatic rings. The van der Waals surface area contributed by atoms with E-state index in [1.165, 1.54) is 0 Å². The first-order valence-electron chi connectivity index (χ1n) is 10.0. The highest BCUT2D eigenvalue weighted by atomic mass is 32.2. The highest BCUT2D eigenvalue weighted by Crippen LogP contribution is 2.26. The molecule has 0 saturated carbocycles. The molecule has 0 spiro atoms. The zero-order valence-corrected chi connectivity index (χ0v) is 18.7. The Labute approximate surface area is 182 Å². The lowest BCUT2D eigenvalue weighted by Crippen LogP contribution is -2.39. The molecule has 1 amide bonds. The number of sulfonamides is 1. The summed E-state index contributed by atoms with van der Waals surface area (Å²) in [5.41, 5.74) is 5.75. The molecule has 0 radical (unpaired) electrons. The molecule has 0 fully saturated rings. The van der Waals surface area contributed by atoms with Crippen LogP contribution >= 0.6 is 0 Å². The van der Waals surface area contributed by atoms with Crippen LogP contribution < -0.4 is 19.2 Å². The monoisotopic (exact) mass is 445 g/mol. The van der Waals surface area contributed by atoms with E-state index in [0.717, 1.165) is 52.4 Å². The summed E-state index contributed by atoms with van der Waals surface area (Å²) in [7, 11) is -2.05. The third-order valence-corrected chi connectivity index (χ3v) is 6.06. The van der Waals surface area contributed by atoms with Gasteiger partial charge in [-0.2, -0.15) is 5.10 Å². The number of aryl methyl sites for hydroxylation is 1. The molecule has 0 aromatic heterocycles. The second-order valence-corrected chi connectivity index (χ2v) is 9.07. The Hall–Kier alpha value is -3.07. The van der Waals surface area contributed by atoms with Crippen LogP contribution in [0.3, 0.4) is 0 Å². The van der Waals surface area contributed by atoms with E-state index in [1.807, 2.05) is 25.1 Å². The van der Waals surface area contributed by atoms with Crippen LogP contribution in [0.4, 0.5) is 5.69 Å². The predicted molar refractivity (Wildman–Crippen MR) is 120 cm³/mol. The molecule has 0 atom stereocenters. The Morgan fingerprint density at radius 2 is 1.84 bits per heavy atom. The fourth-order valence-corrected chi connectivity index (χ4v) is 4.31. The molecule has 31 heavy (non-hydrogen) atoms. The van der Waals surface area contributed by atoms with Crippen LogP contribution in [0.2, 0.25) is 0 Å². The maximum atomic E-state index is 12.5. The molecule has 0 unspecified atom stereocenters. The maximum Gasteiger partial charge on any atom is 0.260 e. The minimum atomic E-state index is -3.67. The Morgan fingerprint density at radius 3 is 2.48 bits per heavy atom. The highest BCUT2D eigenvalue weighted by Gasteiger charge is 2.22. The molecular weight excluding hydrogens is 418 g/mol. The van der Waals surface area contributed by atoms with Gasteiger partial charge in [-0.05, 0) is 74.2 Å².